The number of benzene rings is 4. The van der Waals surface area contributed by atoms with E-state index in [-0.39, 0.29) is 105 Å². The van der Waals surface area contributed by atoms with Gasteiger partial charge in [0.25, 0.3) is 0 Å². The Morgan fingerprint density at radius 1 is 0.628 bits per heavy atom. The van der Waals surface area contributed by atoms with E-state index in [1.165, 1.54) is 33.6 Å². The van der Waals surface area contributed by atoms with Gasteiger partial charge >= 0.3 is 57.1 Å². The van der Waals surface area contributed by atoms with E-state index in [0.29, 0.717) is 42.4 Å². The van der Waals surface area contributed by atoms with Gasteiger partial charge in [-0.3, -0.25) is 4.79 Å². The molecule has 2 aliphatic heterocycles. The molecule has 2 heterocycles. The van der Waals surface area contributed by atoms with Crippen LogP contribution in [0.15, 0.2) is 195 Å². The maximum atomic E-state index is 10.8. The molecule has 4 aromatic carbocycles. The third kappa shape index (κ3) is 19.4. The smallest absolute Gasteiger partial charge is 1.00 e. The third-order valence-electron chi connectivity index (χ3n) is 16.6. The number of carbonyl (C=O) groups excluding carboxylic acids is 1. The van der Waals surface area contributed by atoms with Gasteiger partial charge in [0, 0.05) is 74.3 Å². The van der Waals surface area contributed by atoms with Gasteiger partial charge in [0.1, 0.15) is 30.1 Å². The normalized spacial score (nSPS) is 19.8. The molecule has 2 atom stereocenters. The maximum absolute atomic E-state index is 10.8. The molecule has 0 saturated heterocycles. The minimum Gasteiger partial charge on any atom is -1.00 e. The third-order valence-corrected chi connectivity index (χ3v) is 17.7. The number of ether oxygens (including phenoxy) is 2. The average Bonchev–Trinajstić information content (AvgIpc) is 1.62. The van der Waals surface area contributed by atoms with Gasteiger partial charge in [-0.25, -0.2) is 15.0 Å². The zero-order chi connectivity index (χ0) is 67.7. The number of carbonyl (C=O) groups is 1. The van der Waals surface area contributed by atoms with E-state index in [1.54, 1.807) is 69.3 Å². The van der Waals surface area contributed by atoms with Crippen LogP contribution in [0.1, 0.15) is 139 Å². The van der Waals surface area contributed by atoms with E-state index in [1.807, 2.05) is 36.4 Å². The Bertz CT molecular complexity index is 4120. The van der Waals surface area contributed by atoms with Gasteiger partial charge in [-0.2, -0.15) is 15.8 Å². The number of nitriles is 4. The molecule has 0 spiro atoms. The Labute approximate surface area is 622 Å². The van der Waals surface area contributed by atoms with Crippen molar-refractivity contribution in [2.24, 2.45) is 10.8 Å². The zero-order valence-electron chi connectivity index (χ0n) is 56.3. The van der Waals surface area contributed by atoms with E-state index >= 15 is 0 Å². The van der Waals surface area contributed by atoms with Crippen LogP contribution in [-0.4, -0.2) is 32.5 Å². The molecule has 4 aliphatic rings. The number of aryl methyl sites for hydroxylation is 1. The van der Waals surface area contributed by atoms with Crippen LogP contribution < -0.4 is 61.2 Å². The van der Waals surface area contributed by atoms with Crippen LogP contribution in [0.25, 0.3) is 21.8 Å². The minimum absolute atomic E-state index is 0. The van der Waals surface area contributed by atoms with Gasteiger partial charge in [0.15, 0.2) is 22.7 Å². The molecule has 0 bridgehead atoms. The summed E-state index contributed by atoms with van der Waals surface area (Å²) in [7, 11) is 0. The van der Waals surface area contributed by atoms with Gasteiger partial charge in [-0.15, -0.1) is 0 Å². The summed E-state index contributed by atoms with van der Waals surface area (Å²) in [6.45, 7) is 44.2. The number of halogens is 4. The summed E-state index contributed by atoms with van der Waals surface area (Å²) in [5, 5.41) is 39.2. The second kappa shape index (κ2) is 35.4. The quantitative estimate of drug-likeness (QED) is 0.0373. The summed E-state index contributed by atoms with van der Waals surface area (Å²) >= 11 is 24.9. The molecule has 2 unspecified atom stereocenters. The standard InChI is InChI=1S/C38H36Cl2N4O.C23H31NO.C16H9Cl2N3O.CH4.K.H/c1-7-44(8-2)31-17-14-26(15-18-31)12-13-28-20-27(22-37(3,4)23-28)10-9-11-33-35(43-6)36(29(24-41)25-42)45-38(33,5)32-19-16-30(39)21-34(32)40;1-6-24(7-2)22-11-10-19(14-18(22)3)8-9-20-15-21(12-13-25)17-23(4,5)16-20;1-9-11(7-19)15(14(8-20)21-3)22-16(9,2)12-5-4-10(17)6-13(12)18;;;/h9-21H,7-8,22-23H2,1-5H3;8-15H,6-7,16-17H2,1-5H3;4-6H,1-2H3;1H4;;/q;;;;+1;-1/b11-9+,13-12+,27-10-;9-8+,21-12-;15-14-;;;. The molecule has 0 aromatic heterocycles. The van der Waals surface area contributed by atoms with Crippen LogP contribution >= 0.6 is 46.4 Å². The van der Waals surface area contributed by atoms with Crippen molar-refractivity contribution < 1.29 is 67.1 Å². The van der Waals surface area contributed by atoms with Crippen molar-refractivity contribution >= 4 is 76.2 Å². The van der Waals surface area contributed by atoms with Gasteiger partial charge in [-0.05, 0) is 191 Å². The Balaban J connectivity index is 0.000000399. The number of aldehydes is 1. The van der Waals surface area contributed by atoms with Crippen molar-refractivity contribution in [2.45, 2.75) is 127 Å². The summed E-state index contributed by atoms with van der Waals surface area (Å²) in [6, 6.07) is 32.8. The van der Waals surface area contributed by atoms with Crippen molar-refractivity contribution in [3.8, 4) is 24.3 Å². The largest absolute Gasteiger partial charge is 1.00 e. The number of allylic oxidation sites excluding steroid dienone is 14. The molecule has 0 saturated carbocycles. The summed E-state index contributed by atoms with van der Waals surface area (Å²) < 4.78 is 12.1. The number of rotatable bonds is 15. The van der Waals surface area contributed by atoms with Gasteiger partial charge in [-0.1, -0.05) is 167 Å². The van der Waals surface area contributed by atoms with E-state index < -0.39 is 11.2 Å². The second-order valence-corrected chi connectivity index (χ2v) is 26.1. The number of hydrogen-bond acceptors (Lipinski definition) is 9. The predicted molar refractivity (Wildman–Crippen MR) is 383 cm³/mol. The molecular formula is C78H81Cl4KN8O3. The fraction of sp³-hybridized carbons (Fsp3) is 0.321. The number of nitrogens with zero attached hydrogens (tertiary/aromatic N) is 8. The predicted octanol–water partition coefficient (Wildman–Crippen LogP) is 18.7. The fourth-order valence-corrected chi connectivity index (χ4v) is 13.1. The molecule has 0 N–H and O–H groups in total. The topological polar surface area (TPSA) is 146 Å². The molecule has 4 aromatic rings. The molecule has 0 amide bonds. The number of anilines is 2. The second-order valence-electron chi connectivity index (χ2n) is 24.4. The first kappa shape index (κ1) is 79.1. The maximum Gasteiger partial charge on any atom is 1.00 e. The van der Waals surface area contributed by atoms with Crippen molar-refractivity contribution in [3.63, 3.8) is 0 Å². The molecule has 480 valence electrons. The van der Waals surface area contributed by atoms with Crippen LogP contribution in [0.2, 0.25) is 20.1 Å². The molecule has 0 radical (unpaired) electrons. The Morgan fingerprint density at radius 3 is 1.59 bits per heavy atom. The summed E-state index contributed by atoms with van der Waals surface area (Å²) in [6.07, 6.45) is 25.3. The average molecular weight is 1360 g/mol. The van der Waals surface area contributed by atoms with E-state index in [2.05, 4.69) is 161 Å². The first-order valence-corrected chi connectivity index (χ1v) is 31.9. The van der Waals surface area contributed by atoms with Gasteiger partial charge < -0.3 is 20.7 Å². The van der Waals surface area contributed by atoms with Crippen LogP contribution in [0, 0.1) is 76.2 Å². The van der Waals surface area contributed by atoms with Crippen molar-refractivity contribution in [1.82, 2.24) is 0 Å². The summed E-state index contributed by atoms with van der Waals surface area (Å²) in [4.78, 5) is 22.3. The van der Waals surface area contributed by atoms with Gasteiger partial charge in [0.05, 0.1) is 24.8 Å². The molecule has 11 nitrogen and oxygen atoms in total. The Kier molecular flexibility index (Phi) is 29.8. The van der Waals surface area contributed by atoms with Crippen LogP contribution in [0.4, 0.5) is 11.4 Å². The zero-order valence-corrected chi connectivity index (χ0v) is 61.5. The van der Waals surface area contributed by atoms with Gasteiger partial charge in [0.2, 0.25) is 5.70 Å². The van der Waals surface area contributed by atoms with E-state index in [9.17, 15) is 20.6 Å². The minimum atomic E-state index is -1.22. The molecule has 0 fully saturated rings. The van der Waals surface area contributed by atoms with Crippen molar-refractivity contribution in [2.75, 3.05) is 36.0 Å². The molecule has 2 aliphatic carbocycles. The molecular weight excluding hydrogens is 1280 g/mol. The SMILES string of the molecule is C.CCN(CC)c1ccc(/C=C/C2=CC(=C/C=O)/CC(C)(C)C2)cc1C.[C-]#[N+]/C(C#N)=C1\OC(C)(c2ccc(Cl)cc2Cl)C(C)=C1C#N.[C-]#[N+]C1=C(/C=C/C=C2C=C(/C=C/c3ccc(N(CC)CC)cc3)CC(C)(C)C/2)C(C)(c2ccc(Cl)cc2Cl)OC1=C(C#N)C#N.[H-].[K+]. The summed E-state index contributed by atoms with van der Waals surface area (Å²) in [5.41, 5.74) is 11.1. The fourth-order valence-electron chi connectivity index (χ4n) is 12.0. The summed E-state index contributed by atoms with van der Waals surface area (Å²) in [5.74, 6) is -0.0573. The van der Waals surface area contributed by atoms with E-state index in [4.69, 9.17) is 74.3 Å². The van der Waals surface area contributed by atoms with Crippen molar-refractivity contribution in [1.29, 1.82) is 21.0 Å². The first-order valence-electron chi connectivity index (χ1n) is 30.3. The molecule has 8 rings (SSSR count). The van der Waals surface area contributed by atoms with E-state index in [0.717, 1.165) is 74.9 Å². The monoisotopic (exact) mass is 1360 g/mol. The first-order chi connectivity index (χ1) is 43.7. The molecule has 94 heavy (non-hydrogen) atoms. The van der Waals surface area contributed by atoms with Crippen LogP contribution in [-0.2, 0) is 25.5 Å². The number of hydrogen-bond donors (Lipinski definition) is 0. The van der Waals surface area contributed by atoms with Crippen LogP contribution in [0.5, 0.6) is 0 Å². The van der Waals surface area contributed by atoms with Crippen LogP contribution in [0.3, 0.4) is 0 Å². The van der Waals surface area contributed by atoms with Crippen molar-refractivity contribution in [3.05, 3.63) is 266 Å². The Morgan fingerprint density at radius 2 is 1.13 bits per heavy atom. The Hall–Kier alpha value is -7.37. The molecule has 16 heteroatoms.